The van der Waals surface area contributed by atoms with Crippen molar-refractivity contribution in [2.45, 2.75) is 0 Å². The molecule has 0 saturated heterocycles. The molecule has 0 fully saturated rings. The molecule has 0 N–H and O–H groups in total. The summed E-state index contributed by atoms with van der Waals surface area (Å²) < 4.78 is 376. The van der Waals surface area contributed by atoms with Crippen molar-refractivity contribution >= 4 is 182 Å². The minimum Gasteiger partial charge on any atom is -0.456 e. The van der Waals surface area contributed by atoms with Gasteiger partial charge < -0.3 is 28.0 Å². The fraction of sp³-hybridized carbons (Fsp3) is 0. The Kier molecular flexibility index (Phi) is 12.6. The standard InChI is InChI=1S/C52H33NO.C46H31NO.C34H23NO/c1-3-13-41-36(11-1)31-48(45-17-7-5-15-43(41)45)34-21-25-38(26-22-34)53(40-29-30-52-50(33-40)47-19-9-10-20-51(47)54-52)39-27-23-35(24-28-39)49-32-37-12-2-4-14-42(37)44-16-6-8-18-46(44)49;1-2-9-32(10-3-1)33-17-24-38(25-18-33)47(40-28-21-36(22-29-40)42-15-8-12-35-11-4-5-13-41(35)42)39-26-19-34(20-27-39)37-23-30-46-44(31-37)43-14-6-7-16-45(43)48-46;1-2-11-27(12-3-1)35(32-15-8-10-25-9-4-5-13-29(25)32)28-20-17-24(18-21-28)26-19-22-34-31(23-26)30-14-6-7-16-33(30)36-34/h1-33H;1-31H;1-23H/i1D,2D,3D,4D,5D,6D,7D,8D,11D,12D,13D,14D,15D,16D,17D,18D,31D,32D;4D,5D,8D,11D,12D,13D,15D,19D,20D,26D,27D;1D,2D,3D,4D,5D,8D,9D,10D,11D,12D,13D,15D. The van der Waals surface area contributed by atoms with E-state index in [1.807, 2.05) is 175 Å². The largest absolute Gasteiger partial charge is 0.456 e. The highest BCUT2D eigenvalue weighted by Crippen LogP contribution is 2.48. The maximum atomic E-state index is 9.47. The number of fused-ring (bicyclic) bond motifs is 17. The van der Waals surface area contributed by atoms with Crippen LogP contribution in [0.15, 0.2) is 540 Å². The van der Waals surface area contributed by atoms with E-state index in [1.54, 1.807) is 114 Å². The smallest absolute Gasteiger partial charge is 0.135 e. The van der Waals surface area contributed by atoms with Gasteiger partial charge in [0.25, 0.3) is 0 Å². The van der Waals surface area contributed by atoms with E-state index < -0.39 is 205 Å². The Bertz CT molecular complexity index is 11700. The second-order valence-electron chi connectivity index (χ2n) is 32.2. The number of furan rings is 3. The molecule has 0 bridgehead atoms. The van der Waals surface area contributed by atoms with Gasteiger partial charge in [0.1, 0.15) is 33.5 Å². The molecule has 0 aliphatic heterocycles. The van der Waals surface area contributed by atoms with Crippen LogP contribution in [-0.4, -0.2) is 0 Å². The lowest BCUT2D eigenvalue weighted by Crippen LogP contribution is -2.10. The van der Waals surface area contributed by atoms with E-state index in [4.69, 9.17) is 61.2 Å². The van der Waals surface area contributed by atoms with Crippen molar-refractivity contribution in [2.24, 2.45) is 0 Å². The monoisotopic (exact) mass is 1800 g/mol. The van der Waals surface area contributed by atoms with E-state index in [2.05, 4.69) is 0 Å². The molecule has 6 nitrogen and oxygen atoms in total. The lowest BCUT2D eigenvalue weighted by Gasteiger charge is -2.27. The van der Waals surface area contributed by atoms with Crippen LogP contribution < -0.4 is 14.7 Å². The van der Waals surface area contributed by atoms with E-state index in [1.165, 1.54) is 0 Å². The topological polar surface area (TPSA) is 49.1 Å². The first-order chi connectivity index (χ1) is 85.5. The van der Waals surface area contributed by atoms with Gasteiger partial charge >= 0.3 is 0 Å². The Balaban J connectivity index is 0.000000136. The molecule has 138 heavy (non-hydrogen) atoms. The number of benzene rings is 24. The van der Waals surface area contributed by atoms with Crippen LogP contribution in [0.4, 0.5) is 51.2 Å². The molecule has 6 heteroatoms. The van der Waals surface area contributed by atoms with Gasteiger partial charge in [0.2, 0.25) is 0 Å². The molecule has 27 aromatic rings. The van der Waals surface area contributed by atoms with Crippen molar-refractivity contribution < 1.29 is 69.5 Å². The zero-order chi connectivity index (χ0) is 127. The zero-order valence-electron chi connectivity index (χ0n) is 113. The van der Waals surface area contributed by atoms with Gasteiger partial charge in [0.05, 0.1) is 61.9 Å². The second kappa shape index (κ2) is 35.3. The molecule has 0 saturated carbocycles. The molecule has 0 spiro atoms. The van der Waals surface area contributed by atoms with Gasteiger partial charge in [-0.05, 0) is 290 Å². The lowest BCUT2D eigenvalue weighted by molar-refractivity contribution is 0.668. The van der Waals surface area contributed by atoms with Crippen LogP contribution in [0.1, 0.15) is 56.2 Å². The molecule has 3 heterocycles. The number of anilines is 9. The summed E-state index contributed by atoms with van der Waals surface area (Å²) in [5, 5.41) is 3.08. The molecule has 0 radical (unpaired) electrons. The Morgan fingerprint density at radius 3 is 0.971 bits per heavy atom. The fourth-order valence-corrected chi connectivity index (χ4v) is 17.7. The van der Waals surface area contributed by atoms with Crippen molar-refractivity contribution in [2.75, 3.05) is 14.7 Å². The Morgan fingerprint density at radius 2 is 0.471 bits per heavy atom. The molecule has 0 atom stereocenters. The third-order valence-electron chi connectivity index (χ3n) is 24.2. The molecule has 27 rings (SSSR count). The normalized spacial score (nSPS) is 15.6. The average molecular weight is 1800 g/mol. The fourth-order valence-electron chi connectivity index (χ4n) is 17.7. The third kappa shape index (κ3) is 15.3. The molecule has 0 aliphatic carbocycles. The van der Waals surface area contributed by atoms with Gasteiger partial charge in [0.15, 0.2) is 0 Å². The van der Waals surface area contributed by atoms with Crippen molar-refractivity contribution in [1.29, 1.82) is 0 Å². The minimum atomic E-state index is -0.658. The second-order valence-corrected chi connectivity index (χ2v) is 32.2. The number of hydrogen-bond donors (Lipinski definition) is 0. The van der Waals surface area contributed by atoms with Crippen LogP contribution in [0.25, 0.3) is 197 Å². The molecule has 3 aromatic heterocycles. The Labute approximate surface area is 856 Å². The third-order valence-corrected chi connectivity index (χ3v) is 24.2. The van der Waals surface area contributed by atoms with E-state index in [9.17, 15) is 8.22 Å². The molecular formula is C132H87N3O3. The quantitative estimate of drug-likeness (QED) is 0.0954. The lowest BCUT2D eigenvalue weighted by atomic mass is 9.93. The van der Waals surface area contributed by atoms with E-state index in [-0.39, 0.29) is 152 Å². The number of nitrogens with zero attached hydrogens (tertiary/aromatic N) is 3. The van der Waals surface area contributed by atoms with Gasteiger partial charge in [-0.2, -0.15) is 0 Å². The summed E-state index contributed by atoms with van der Waals surface area (Å²) in [4.78, 5) is 4.67. The van der Waals surface area contributed by atoms with Gasteiger partial charge in [-0.25, -0.2) is 0 Å². The van der Waals surface area contributed by atoms with Crippen molar-refractivity contribution in [1.82, 2.24) is 0 Å². The van der Waals surface area contributed by atoms with E-state index in [0.717, 1.165) is 65.1 Å². The Hall–Kier alpha value is -18.4. The summed E-state index contributed by atoms with van der Waals surface area (Å²) in [7, 11) is 0. The van der Waals surface area contributed by atoms with E-state index >= 15 is 0 Å². The molecule has 648 valence electrons. The Morgan fingerprint density at radius 1 is 0.152 bits per heavy atom. The van der Waals surface area contributed by atoms with Crippen molar-refractivity contribution in [3.63, 3.8) is 0 Å². The SMILES string of the molecule is [2H]c1c([2H])c(N(c2ccc(-c3ccccc3)cc2)c2ccc(-c3c([2H])c([2H])c([2H])c4c([2H])c([2H])c([2H])c([2H])c34)cc2)c([2H])c([2H])c1-c1ccc2oc3ccccc3c2c1.[2H]c1c([2H])c([2H])c(N(c2ccc(-c3ccc4oc5ccccc5c4c3)cc2)c2c([2H])c([2H])c([2H])c3c([2H])c([2H])c([2H])c([2H])c23)c([2H])c1[2H].[2H]c1c([2H])c([2H])c2c(c1[2H])c([2H])c(-c1ccc(N(c3ccc(-c4c([2H])c5c([2H])c([2H])c([2H])c([2H])c5c5c([2H])c([2H])c([2H])c([2H])c45)cc3)c3ccc4oc5ccccc5c4c3)cc1)c1c([2H])c([2H])c([2H])c([2H])c12. The highest BCUT2D eigenvalue weighted by Gasteiger charge is 2.23. The maximum absolute atomic E-state index is 9.47. The van der Waals surface area contributed by atoms with Gasteiger partial charge in [-0.1, -0.05) is 363 Å². The molecule has 0 aliphatic rings. The van der Waals surface area contributed by atoms with Crippen LogP contribution in [0.3, 0.4) is 0 Å². The van der Waals surface area contributed by atoms with Crippen LogP contribution in [-0.2, 0) is 0 Å². The van der Waals surface area contributed by atoms with Crippen LogP contribution in [0.5, 0.6) is 0 Å². The van der Waals surface area contributed by atoms with Gasteiger partial charge in [-0.3, -0.25) is 0 Å². The first-order valence-corrected chi connectivity index (χ1v) is 43.7. The predicted octanol–water partition coefficient (Wildman–Crippen LogP) is 38.1. The van der Waals surface area contributed by atoms with Crippen molar-refractivity contribution in [3.05, 3.63) is 527 Å². The summed E-state index contributed by atoms with van der Waals surface area (Å²) in [5.41, 5.74) is 11.5. The number of para-hydroxylation sites is 4. The summed E-state index contributed by atoms with van der Waals surface area (Å²) in [5.74, 6) is 0. The molecule has 0 amide bonds. The number of rotatable bonds is 15. The van der Waals surface area contributed by atoms with Crippen LogP contribution in [0, 0.1) is 0 Å². The zero-order valence-corrected chi connectivity index (χ0v) is 72.1. The first kappa shape index (κ1) is 49.4. The summed E-state index contributed by atoms with van der Waals surface area (Å²) >= 11 is 0. The minimum absolute atomic E-state index is 0.00782. The summed E-state index contributed by atoms with van der Waals surface area (Å²) in [6.45, 7) is 0. The van der Waals surface area contributed by atoms with Crippen molar-refractivity contribution in [3.8, 4) is 66.8 Å². The summed E-state index contributed by atoms with van der Waals surface area (Å²) in [6, 6.07) is 61.9. The van der Waals surface area contributed by atoms with E-state index in [0.29, 0.717) is 78.6 Å². The van der Waals surface area contributed by atoms with Gasteiger partial charge in [-0.15, -0.1) is 0 Å². The van der Waals surface area contributed by atoms with Crippen LogP contribution >= 0.6 is 0 Å². The highest BCUT2D eigenvalue weighted by molar-refractivity contribution is 6.17. The van der Waals surface area contributed by atoms with Gasteiger partial charge in [0, 0.05) is 83.2 Å². The predicted molar refractivity (Wildman–Crippen MR) is 583 cm³/mol. The number of hydrogen-bond acceptors (Lipinski definition) is 6. The first-order valence-electron chi connectivity index (χ1n) is 64.2. The average Bonchev–Trinajstić information content (AvgIpc) is 1.71. The molecular weight excluding hydrogens is 1680 g/mol. The molecule has 24 aromatic carbocycles. The highest BCUT2D eigenvalue weighted by atomic mass is 16.3. The maximum Gasteiger partial charge on any atom is 0.135 e. The molecule has 0 unspecified atom stereocenters. The summed E-state index contributed by atoms with van der Waals surface area (Å²) in [6.07, 6.45) is 0. The van der Waals surface area contributed by atoms with Crippen LogP contribution in [0.2, 0.25) is 0 Å².